The van der Waals surface area contributed by atoms with Crippen LogP contribution in [0.2, 0.25) is 0 Å². The lowest BCUT2D eigenvalue weighted by Crippen LogP contribution is -2.33. The molecule has 0 saturated heterocycles. The maximum Gasteiger partial charge on any atom is 0.263 e. The largest absolute Gasteiger partial charge is 0.335 e. The van der Waals surface area contributed by atoms with Crippen LogP contribution < -0.4 is 9.47 Å². The summed E-state index contributed by atoms with van der Waals surface area (Å²) in [4.78, 5) is 9.32. The molecule has 0 fully saturated rings. The molecule has 0 atom stereocenters. The van der Waals surface area contributed by atoms with Crippen molar-refractivity contribution in [1.82, 2.24) is 0 Å². The number of rotatable bonds is 9. The Labute approximate surface area is 235 Å². The maximum absolute atomic E-state index is 2.47. The quantitative estimate of drug-likeness (QED) is 0.183. The summed E-state index contributed by atoms with van der Waals surface area (Å²) in [6, 6.07) is 9.50. The average molecular weight is 578 g/mol. The molecule has 3 aromatic rings. The standard InChI is InChI=1S/C27H33N2S6/c1-8-17(11-26-28(9-2)18-13-22(30-4)24(32-6)15-20(18)34-26)12-27-29(10-3)19-14-23(31-5)25(33-7)16-21(19)35-27/h11-16H,8-10H2,1-7H3/q+1. The number of fused-ring (bicyclic) bond motifs is 2. The molecular formula is C27H33N2S6+. The van der Waals surface area contributed by atoms with Gasteiger partial charge in [-0.05, 0) is 75.1 Å². The van der Waals surface area contributed by atoms with Gasteiger partial charge in [-0.2, -0.15) is 4.57 Å². The Hall–Kier alpha value is -0.640. The van der Waals surface area contributed by atoms with Crippen LogP contribution in [0, 0.1) is 0 Å². The molecule has 0 radical (unpaired) electrons. The third-order valence-electron chi connectivity index (χ3n) is 6.13. The summed E-state index contributed by atoms with van der Waals surface area (Å²) in [5, 5.41) is 2.67. The van der Waals surface area contributed by atoms with Gasteiger partial charge in [-0.25, -0.2) is 0 Å². The molecule has 186 valence electrons. The molecule has 0 unspecified atom stereocenters. The lowest BCUT2D eigenvalue weighted by Gasteiger charge is -2.19. The van der Waals surface area contributed by atoms with Crippen molar-refractivity contribution in [3.05, 3.63) is 46.0 Å². The van der Waals surface area contributed by atoms with E-state index < -0.39 is 0 Å². The molecule has 35 heavy (non-hydrogen) atoms. The van der Waals surface area contributed by atoms with Crippen molar-refractivity contribution in [1.29, 1.82) is 0 Å². The fourth-order valence-electron chi connectivity index (χ4n) is 4.29. The van der Waals surface area contributed by atoms with Crippen LogP contribution in [0.1, 0.15) is 32.2 Å². The van der Waals surface area contributed by atoms with E-state index in [-0.39, 0.29) is 0 Å². The van der Waals surface area contributed by atoms with Crippen LogP contribution in [0.15, 0.2) is 65.4 Å². The van der Waals surface area contributed by atoms with Crippen molar-refractivity contribution in [2.75, 3.05) is 36.5 Å². The van der Waals surface area contributed by atoms with Crippen molar-refractivity contribution >= 4 is 92.1 Å². The number of benzene rings is 2. The first kappa shape index (κ1) is 27.4. The molecule has 0 bridgehead atoms. The molecule has 8 heteroatoms. The minimum absolute atomic E-state index is 0.974. The van der Waals surface area contributed by atoms with Gasteiger partial charge in [0.2, 0.25) is 5.52 Å². The zero-order valence-corrected chi connectivity index (χ0v) is 26.3. The Morgan fingerprint density at radius 2 is 1.51 bits per heavy atom. The number of allylic oxidation sites excluding steroid dienone is 2. The van der Waals surface area contributed by atoms with Crippen LogP contribution in [-0.2, 0) is 6.54 Å². The van der Waals surface area contributed by atoms with Gasteiger partial charge in [0.25, 0.3) is 5.01 Å². The Balaban J connectivity index is 1.76. The predicted molar refractivity (Wildman–Crippen MR) is 166 cm³/mol. The molecule has 0 N–H and O–H groups in total. The second-order valence-electron chi connectivity index (χ2n) is 7.94. The molecule has 0 saturated carbocycles. The van der Waals surface area contributed by atoms with Gasteiger partial charge in [0.15, 0.2) is 0 Å². The minimum Gasteiger partial charge on any atom is -0.335 e. The highest BCUT2D eigenvalue weighted by Crippen LogP contribution is 2.50. The van der Waals surface area contributed by atoms with E-state index in [1.807, 2.05) is 70.1 Å². The van der Waals surface area contributed by atoms with Crippen LogP contribution in [0.25, 0.3) is 16.3 Å². The van der Waals surface area contributed by atoms with Crippen LogP contribution in [0.3, 0.4) is 0 Å². The molecule has 4 rings (SSSR count). The van der Waals surface area contributed by atoms with Gasteiger partial charge in [-0.3, -0.25) is 0 Å². The fourth-order valence-corrected chi connectivity index (χ4v) is 9.86. The molecule has 0 amide bonds. The first-order valence-corrected chi connectivity index (χ1v) is 18.3. The van der Waals surface area contributed by atoms with Gasteiger partial charge in [0.05, 0.1) is 10.7 Å². The summed E-state index contributed by atoms with van der Waals surface area (Å²) in [6.45, 7) is 8.72. The molecule has 1 aliphatic rings. The number of anilines is 1. The Bertz CT molecular complexity index is 1290. The molecular weight excluding hydrogens is 545 g/mol. The van der Waals surface area contributed by atoms with Crippen LogP contribution >= 0.6 is 70.1 Å². The van der Waals surface area contributed by atoms with E-state index in [0.29, 0.717) is 0 Å². The summed E-state index contributed by atoms with van der Waals surface area (Å²) in [7, 11) is 0. The van der Waals surface area contributed by atoms with Crippen LogP contribution in [-0.4, -0.2) is 31.6 Å². The van der Waals surface area contributed by atoms with E-state index in [2.05, 4.69) is 91.7 Å². The van der Waals surface area contributed by atoms with E-state index >= 15 is 0 Å². The summed E-state index contributed by atoms with van der Waals surface area (Å²) < 4.78 is 3.84. The molecule has 0 aliphatic carbocycles. The highest BCUT2D eigenvalue weighted by Gasteiger charge is 2.26. The van der Waals surface area contributed by atoms with Crippen molar-refractivity contribution in [2.24, 2.45) is 0 Å². The molecule has 2 nitrogen and oxygen atoms in total. The molecule has 2 aromatic carbocycles. The normalized spacial score (nSPS) is 15.0. The summed E-state index contributed by atoms with van der Waals surface area (Å²) >= 11 is 11.2. The number of aryl methyl sites for hydroxylation is 1. The zero-order chi connectivity index (χ0) is 25.1. The fraction of sp³-hybridized carbons (Fsp3) is 0.370. The van der Waals surface area contributed by atoms with E-state index in [1.165, 1.54) is 56.0 Å². The Kier molecular flexibility index (Phi) is 9.60. The Morgan fingerprint density at radius 3 is 2.11 bits per heavy atom. The monoisotopic (exact) mass is 577 g/mol. The van der Waals surface area contributed by atoms with Crippen LogP contribution in [0.5, 0.6) is 0 Å². The van der Waals surface area contributed by atoms with Gasteiger partial charge in [-0.1, -0.05) is 30.0 Å². The average Bonchev–Trinajstić information content (AvgIpc) is 3.41. The smallest absolute Gasteiger partial charge is 0.263 e. The number of nitrogens with zero attached hydrogens (tertiary/aromatic N) is 2. The number of hydrogen-bond acceptors (Lipinski definition) is 7. The number of thioether (sulfide) groups is 5. The maximum atomic E-state index is 2.47. The van der Waals surface area contributed by atoms with Gasteiger partial charge in [-0.15, -0.1) is 47.0 Å². The van der Waals surface area contributed by atoms with E-state index in [1.54, 1.807) is 0 Å². The molecule has 1 aromatic heterocycles. The predicted octanol–water partition coefficient (Wildman–Crippen LogP) is 9.36. The molecule has 1 aliphatic heterocycles. The van der Waals surface area contributed by atoms with Gasteiger partial charge >= 0.3 is 0 Å². The summed E-state index contributed by atoms with van der Waals surface area (Å²) in [6.07, 6.45) is 14.5. The van der Waals surface area contributed by atoms with E-state index in [9.17, 15) is 0 Å². The highest BCUT2D eigenvalue weighted by molar-refractivity contribution is 8.04. The topological polar surface area (TPSA) is 7.12 Å². The number of aromatic nitrogens is 1. The first-order chi connectivity index (χ1) is 17.0. The lowest BCUT2D eigenvalue weighted by molar-refractivity contribution is -0.665. The second-order valence-corrected chi connectivity index (χ2v) is 13.5. The zero-order valence-electron chi connectivity index (χ0n) is 21.4. The lowest BCUT2D eigenvalue weighted by atomic mass is 10.2. The summed E-state index contributed by atoms with van der Waals surface area (Å²) in [5.41, 5.74) is 4.07. The Morgan fingerprint density at radius 1 is 0.886 bits per heavy atom. The molecule has 0 spiro atoms. The van der Waals surface area contributed by atoms with E-state index in [0.717, 1.165) is 19.5 Å². The highest BCUT2D eigenvalue weighted by atomic mass is 32.2. The van der Waals surface area contributed by atoms with Crippen molar-refractivity contribution < 1.29 is 4.57 Å². The van der Waals surface area contributed by atoms with Gasteiger partial charge in [0, 0.05) is 43.2 Å². The van der Waals surface area contributed by atoms with Crippen molar-refractivity contribution in [3.63, 3.8) is 0 Å². The number of hydrogen-bond donors (Lipinski definition) is 0. The number of thiazole rings is 1. The van der Waals surface area contributed by atoms with E-state index in [4.69, 9.17) is 0 Å². The van der Waals surface area contributed by atoms with Crippen LogP contribution in [0.4, 0.5) is 5.69 Å². The minimum atomic E-state index is 0.974. The first-order valence-electron chi connectivity index (χ1n) is 11.7. The van der Waals surface area contributed by atoms with Crippen molar-refractivity contribution in [3.8, 4) is 0 Å². The summed E-state index contributed by atoms with van der Waals surface area (Å²) in [5.74, 6) is 0. The second kappa shape index (κ2) is 12.3. The third kappa shape index (κ3) is 5.48. The SMILES string of the molecule is CCC(=Cc1sc2cc(SC)c(SC)cc2[n+]1CC)C=C1Sc2cc(SC)c(SC)cc2N1CC. The van der Waals surface area contributed by atoms with Gasteiger partial charge < -0.3 is 4.90 Å². The van der Waals surface area contributed by atoms with Gasteiger partial charge in [0.1, 0.15) is 11.2 Å². The van der Waals surface area contributed by atoms with Crippen molar-refractivity contribution in [2.45, 2.75) is 58.2 Å². The molecule has 2 heterocycles. The third-order valence-corrected chi connectivity index (χ3v) is 11.7.